The van der Waals surface area contributed by atoms with Crippen molar-refractivity contribution in [1.29, 1.82) is 0 Å². The van der Waals surface area contributed by atoms with Gasteiger partial charge in [0.2, 0.25) is 0 Å². The zero-order chi connectivity index (χ0) is 16.9. The molecule has 0 heterocycles. The molecule has 0 aromatic heterocycles. The molecule has 0 bridgehead atoms. The molecule has 5 nitrogen and oxygen atoms in total. The van der Waals surface area contributed by atoms with E-state index >= 15 is 0 Å². The summed E-state index contributed by atoms with van der Waals surface area (Å²) in [6.45, 7) is 4.18. The minimum Gasteiger partial charge on any atom is -0.489 e. The number of ether oxygens (including phenoxy) is 2. The zero-order valence-corrected chi connectivity index (χ0v) is 14.3. The van der Waals surface area contributed by atoms with Gasteiger partial charge in [-0.2, -0.15) is 0 Å². The number of unbranched alkanes of at least 4 members (excludes halogenated alkanes) is 2. The first-order valence-electron chi connectivity index (χ1n) is 8.01. The molecule has 1 atom stereocenters. The fourth-order valence-corrected chi connectivity index (χ4v) is 2.03. The van der Waals surface area contributed by atoms with Crippen molar-refractivity contribution in [2.45, 2.75) is 32.3 Å². The van der Waals surface area contributed by atoms with Crippen LogP contribution in [-0.2, 0) is 4.74 Å². The lowest BCUT2D eigenvalue weighted by molar-refractivity contribution is 0.192. The summed E-state index contributed by atoms with van der Waals surface area (Å²) >= 11 is 0. The van der Waals surface area contributed by atoms with Crippen LogP contribution >= 0.6 is 0 Å². The maximum atomic E-state index is 13.1. The largest absolute Gasteiger partial charge is 0.489 e. The average Bonchev–Trinajstić information content (AvgIpc) is 2.53. The van der Waals surface area contributed by atoms with Gasteiger partial charge < -0.3 is 20.1 Å². The Morgan fingerprint density at radius 1 is 1.26 bits per heavy atom. The fourth-order valence-electron chi connectivity index (χ4n) is 2.03. The molecular formula is C17H28FN3O2. The topological polar surface area (TPSA) is 54.9 Å². The van der Waals surface area contributed by atoms with Crippen LogP contribution in [0.3, 0.4) is 0 Å². The lowest BCUT2D eigenvalue weighted by Gasteiger charge is -2.17. The van der Waals surface area contributed by atoms with Crippen molar-refractivity contribution < 1.29 is 13.9 Å². The standard InChI is InChI=1S/C17H28FN3O2/c1-14(23-16-9-7-8-15(18)12-16)13-21-17(19-2)20-10-5-4-6-11-22-3/h7-9,12,14H,4-6,10-11,13H2,1-3H3,(H2,19,20,21). The van der Waals surface area contributed by atoms with Crippen molar-refractivity contribution in [2.75, 3.05) is 33.9 Å². The molecule has 130 valence electrons. The Kier molecular flexibility index (Phi) is 9.79. The van der Waals surface area contributed by atoms with Crippen LogP contribution in [0.2, 0.25) is 0 Å². The number of nitrogens with one attached hydrogen (secondary N) is 2. The molecule has 0 saturated carbocycles. The number of halogens is 1. The summed E-state index contributed by atoms with van der Waals surface area (Å²) in [5.41, 5.74) is 0. The third-order valence-electron chi connectivity index (χ3n) is 3.23. The van der Waals surface area contributed by atoms with Crippen molar-refractivity contribution in [1.82, 2.24) is 10.6 Å². The smallest absolute Gasteiger partial charge is 0.191 e. The molecule has 2 N–H and O–H groups in total. The number of hydrogen-bond acceptors (Lipinski definition) is 3. The first-order valence-corrected chi connectivity index (χ1v) is 8.01. The van der Waals surface area contributed by atoms with E-state index in [-0.39, 0.29) is 11.9 Å². The van der Waals surface area contributed by atoms with Gasteiger partial charge >= 0.3 is 0 Å². The van der Waals surface area contributed by atoms with Crippen molar-refractivity contribution in [3.05, 3.63) is 30.1 Å². The summed E-state index contributed by atoms with van der Waals surface area (Å²) in [6.07, 6.45) is 3.16. The monoisotopic (exact) mass is 325 g/mol. The van der Waals surface area contributed by atoms with Gasteiger partial charge in [0, 0.05) is 33.4 Å². The molecule has 0 aliphatic rings. The van der Waals surface area contributed by atoms with Gasteiger partial charge in [0.1, 0.15) is 17.7 Å². The van der Waals surface area contributed by atoms with Gasteiger partial charge in [-0.1, -0.05) is 6.07 Å². The van der Waals surface area contributed by atoms with Crippen LogP contribution in [0.5, 0.6) is 5.75 Å². The number of aliphatic imine (C=N–C) groups is 1. The van der Waals surface area contributed by atoms with Gasteiger partial charge in [-0.3, -0.25) is 4.99 Å². The molecular weight excluding hydrogens is 297 g/mol. The minimum absolute atomic E-state index is 0.1000. The van der Waals surface area contributed by atoms with Crippen molar-refractivity contribution in [3.8, 4) is 5.75 Å². The summed E-state index contributed by atoms with van der Waals surface area (Å²) in [7, 11) is 3.45. The van der Waals surface area contributed by atoms with Gasteiger partial charge in [-0.25, -0.2) is 4.39 Å². The summed E-state index contributed by atoms with van der Waals surface area (Å²) in [5, 5.41) is 6.46. The third kappa shape index (κ3) is 9.03. The molecule has 0 spiro atoms. The summed E-state index contributed by atoms with van der Waals surface area (Å²) in [4.78, 5) is 4.17. The minimum atomic E-state index is -0.298. The summed E-state index contributed by atoms with van der Waals surface area (Å²) in [5.74, 6) is 0.973. The molecule has 0 saturated heterocycles. The highest BCUT2D eigenvalue weighted by molar-refractivity contribution is 5.79. The fraction of sp³-hybridized carbons (Fsp3) is 0.588. The zero-order valence-electron chi connectivity index (χ0n) is 14.3. The van der Waals surface area contributed by atoms with Gasteiger partial charge in [0.05, 0.1) is 6.54 Å². The van der Waals surface area contributed by atoms with Gasteiger partial charge in [-0.05, 0) is 38.3 Å². The van der Waals surface area contributed by atoms with E-state index in [2.05, 4.69) is 15.6 Å². The number of guanidine groups is 1. The van der Waals surface area contributed by atoms with E-state index in [0.717, 1.165) is 38.4 Å². The molecule has 23 heavy (non-hydrogen) atoms. The molecule has 0 amide bonds. The number of nitrogens with zero attached hydrogens (tertiary/aromatic N) is 1. The first kappa shape index (κ1) is 19.2. The van der Waals surface area contributed by atoms with Crippen LogP contribution in [0.4, 0.5) is 4.39 Å². The molecule has 1 unspecified atom stereocenters. The van der Waals surface area contributed by atoms with E-state index in [4.69, 9.17) is 9.47 Å². The maximum Gasteiger partial charge on any atom is 0.191 e. The van der Waals surface area contributed by atoms with E-state index in [0.29, 0.717) is 12.3 Å². The van der Waals surface area contributed by atoms with Crippen LogP contribution < -0.4 is 15.4 Å². The Balaban J connectivity index is 2.20. The highest BCUT2D eigenvalue weighted by Gasteiger charge is 2.06. The lowest BCUT2D eigenvalue weighted by atomic mass is 10.2. The quantitative estimate of drug-likeness (QED) is 0.394. The Morgan fingerprint density at radius 2 is 2.09 bits per heavy atom. The van der Waals surface area contributed by atoms with Gasteiger partial charge in [-0.15, -0.1) is 0 Å². The second kappa shape index (κ2) is 11.7. The molecule has 6 heteroatoms. The predicted molar refractivity (Wildman–Crippen MR) is 91.6 cm³/mol. The number of methoxy groups -OCH3 is 1. The second-order valence-electron chi connectivity index (χ2n) is 5.32. The predicted octanol–water partition coefficient (Wildman–Crippen LogP) is 2.57. The molecule has 1 aromatic rings. The Morgan fingerprint density at radius 3 is 2.78 bits per heavy atom. The highest BCUT2D eigenvalue weighted by Crippen LogP contribution is 2.13. The molecule has 0 aliphatic heterocycles. The Bertz CT molecular complexity index is 469. The number of hydrogen-bond donors (Lipinski definition) is 2. The van der Waals surface area contributed by atoms with Crippen molar-refractivity contribution in [2.24, 2.45) is 4.99 Å². The molecule has 0 fully saturated rings. The van der Waals surface area contributed by atoms with E-state index < -0.39 is 0 Å². The molecule has 1 aromatic carbocycles. The maximum absolute atomic E-state index is 13.1. The van der Waals surface area contributed by atoms with Crippen LogP contribution in [0.15, 0.2) is 29.3 Å². The second-order valence-corrected chi connectivity index (χ2v) is 5.32. The normalized spacial score (nSPS) is 12.8. The van der Waals surface area contributed by atoms with Crippen molar-refractivity contribution >= 4 is 5.96 Å². The van der Waals surface area contributed by atoms with Crippen molar-refractivity contribution in [3.63, 3.8) is 0 Å². The van der Waals surface area contributed by atoms with E-state index in [1.807, 2.05) is 6.92 Å². The SMILES string of the molecule is CN=C(NCCCCCOC)NCC(C)Oc1cccc(F)c1. The van der Waals surface area contributed by atoms with E-state index in [1.54, 1.807) is 26.3 Å². The van der Waals surface area contributed by atoms with E-state index in [1.165, 1.54) is 12.1 Å². The summed E-state index contributed by atoms with van der Waals surface area (Å²) in [6, 6.07) is 6.15. The molecule has 0 aliphatic carbocycles. The lowest BCUT2D eigenvalue weighted by Crippen LogP contribution is -2.42. The highest BCUT2D eigenvalue weighted by atomic mass is 19.1. The Hall–Kier alpha value is -1.82. The Labute approximate surface area is 138 Å². The van der Waals surface area contributed by atoms with Crippen LogP contribution in [0.25, 0.3) is 0 Å². The summed E-state index contributed by atoms with van der Waals surface area (Å²) < 4.78 is 23.8. The van der Waals surface area contributed by atoms with Crippen LogP contribution in [0, 0.1) is 5.82 Å². The third-order valence-corrected chi connectivity index (χ3v) is 3.23. The number of benzene rings is 1. The van der Waals surface area contributed by atoms with Crippen LogP contribution in [0.1, 0.15) is 26.2 Å². The van der Waals surface area contributed by atoms with Gasteiger partial charge in [0.15, 0.2) is 5.96 Å². The average molecular weight is 325 g/mol. The first-order chi connectivity index (χ1) is 11.2. The molecule has 1 rings (SSSR count). The van der Waals surface area contributed by atoms with Crippen LogP contribution in [-0.4, -0.2) is 45.9 Å². The number of rotatable bonds is 10. The van der Waals surface area contributed by atoms with E-state index in [9.17, 15) is 4.39 Å². The molecule has 0 radical (unpaired) electrons. The van der Waals surface area contributed by atoms with Gasteiger partial charge in [0.25, 0.3) is 0 Å².